The van der Waals surface area contributed by atoms with Crippen LogP contribution in [0.4, 0.5) is 5.82 Å². The third-order valence-corrected chi connectivity index (χ3v) is 4.39. The first-order valence-corrected chi connectivity index (χ1v) is 7.79. The third-order valence-electron chi connectivity index (χ3n) is 2.68. The highest BCUT2D eigenvalue weighted by molar-refractivity contribution is 7.89. The number of anilines is 1. The largest absolute Gasteiger partial charge is 0.384 e. The van der Waals surface area contributed by atoms with Crippen LogP contribution >= 0.6 is 11.6 Å². The molecule has 106 valence electrons. The highest BCUT2D eigenvalue weighted by atomic mass is 35.5. The number of sulfonamides is 1. The van der Waals surface area contributed by atoms with Crippen molar-refractivity contribution in [1.29, 1.82) is 0 Å². The number of aromatic nitrogens is 1. The number of nitrogen functional groups attached to an aromatic ring is 1. The second kappa shape index (κ2) is 6.21. The van der Waals surface area contributed by atoms with E-state index in [1.165, 1.54) is 18.3 Å². The Hall–Kier alpha value is -1.63. The number of halogens is 1. The van der Waals surface area contributed by atoms with Crippen LogP contribution in [0.15, 0.2) is 47.5 Å². The molecule has 0 aliphatic heterocycles. The molecule has 2 aromatic rings. The van der Waals surface area contributed by atoms with Crippen molar-refractivity contribution in [3.63, 3.8) is 0 Å². The van der Waals surface area contributed by atoms with Gasteiger partial charge in [-0.3, -0.25) is 0 Å². The number of hydrogen-bond acceptors (Lipinski definition) is 4. The number of nitrogens with one attached hydrogen (secondary N) is 1. The van der Waals surface area contributed by atoms with E-state index in [1.54, 1.807) is 12.1 Å². The van der Waals surface area contributed by atoms with E-state index in [0.29, 0.717) is 18.0 Å². The number of nitrogens with two attached hydrogens (primary N) is 1. The van der Waals surface area contributed by atoms with Crippen LogP contribution in [0.25, 0.3) is 0 Å². The Labute approximate surface area is 122 Å². The van der Waals surface area contributed by atoms with Crippen molar-refractivity contribution in [2.75, 3.05) is 12.3 Å². The van der Waals surface area contributed by atoms with Crippen molar-refractivity contribution >= 4 is 27.4 Å². The van der Waals surface area contributed by atoms with Crippen molar-refractivity contribution in [2.45, 2.75) is 11.3 Å². The molecule has 5 nitrogen and oxygen atoms in total. The first kappa shape index (κ1) is 14.8. The van der Waals surface area contributed by atoms with Crippen LogP contribution in [-0.2, 0) is 16.4 Å². The van der Waals surface area contributed by atoms with E-state index in [4.69, 9.17) is 17.3 Å². The van der Waals surface area contributed by atoms with Gasteiger partial charge in [-0.1, -0.05) is 23.7 Å². The smallest absolute Gasteiger partial charge is 0.240 e. The molecule has 0 spiro atoms. The second-order valence-electron chi connectivity index (χ2n) is 4.19. The van der Waals surface area contributed by atoms with Crippen LogP contribution in [0, 0.1) is 0 Å². The van der Waals surface area contributed by atoms with Gasteiger partial charge in [0.2, 0.25) is 10.0 Å². The molecule has 0 aliphatic rings. The summed E-state index contributed by atoms with van der Waals surface area (Å²) in [6.07, 6.45) is 1.94. The minimum atomic E-state index is -3.56. The Morgan fingerprint density at radius 2 is 1.90 bits per heavy atom. The van der Waals surface area contributed by atoms with Gasteiger partial charge in [0.15, 0.2) is 0 Å². The molecular weight excluding hydrogens is 298 g/mol. The summed E-state index contributed by atoms with van der Waals surface area (Å²) in [5.41, 5.74) is 6.48. The Bertz CT molecular complexity index is 687. The predicted molar refractivity (Wildman–Crippen MR) is 79.0 cm³/mol. The average Bonchev–Trinajstić information content (AvgIpc) is 2.41. The second-order valence-corrected chi connectivity index (χ2v) is 6.39. The SMILES string of the molecule is Nc1cc(S(=O)(=O)NCCc2ccc(Cl)cc2)ccn1. The molecule has 0 bridgehead atoms. The Balaban J connectivity index is 1.98. The van der Waals surface area contributed by atoms with Crippen LogP contribution in [0.5, 0.6) is 0 Å². The molecule has 0 amide bonds. The predicted octanol–water partition coefficient (Wildman–Crippen LogP) is 1.84. The highest BCUT2D eigenvalue weighted by Gasteiger charge is 2.13. The first-order valence-electron chi connectivity index (χ1n) is 5.93. The Kier molecular flexibility index (Phi) is 4.59. The summed E-state index contributed by atoms with van der Waals surface area (Å²) in [6, 6.07) is 10.00. The molecule has 20 heavy (non-hydrogen) atoms. The number of rotatable bonds is 5. The summed E-state index contributed by atoms with van der Waals surface area (Å²) in [5.74, 6) is 0.172. The van der Waals surface area contributed by atoms with E-state index in [1.807, 2.05) is 12.1 Å². The fourth-order valence-electron chi connectivity index (χ4n) is 1.66. The fourth-order valence-corrected chi connectivity index (χ4v) is 2.84. The molecular formula is C13H14ClN3O2S. The van der Waals surface area contributed by atoms with Crippen molar-refractivity contribution in [3.05, 3.63) is 53.2 Å². The first-order chi connectivity index (χ1) is 9.47. The molecule has 0 fully saturated rings. The molecule has 3 N–H and O–H groups in total. The van der Waals surface area contributed by atoms with Crippen LogP contribution in [0.2, 0.25) is 5.02 Å². The lowest BCUT2D eigenvalue weighted by Gasteiger charge is -2.07. The van der Waals surface area contributed by atoms with Crippen molar-refractivity contribution in [1.82, 2.24) is 9.71 Å². The number of pyridine rings is 1. The van der Waals surface area contributed by atoms with E-state index in [0.717, 1.165) is 5.56 Å². The van der Waals surface area contributed by atoms with E-state index in [-0.39, 0.29) is 10.7 Å². The average molecular weight is 312 g/mol. The zero-order chi connectivity index (χ0) is 14.6. The molecule has 0 radical (unpaired) electrons. The summed E-state index contributed by atoms with van der Waals surface area (Å²) < 4.78 is 26.5. The summed E-state index contributed by atoms with van der Waals surface area (Å²) >= 11 is 5.78. The fraction of sp³-hybridized carbons (Fsp3) is 0.154. The number of benzene rings is 1. The normalized spacial score (nSPS) is 11.4. The molecule has 0 atom stereocenters. The van der Waals surface area contributed by atoms with Gasteiger partial charge in [0, 0.05) is 23.8 Å². The lowest BCUT2D eigenvalue weighted by molar-refractivity contribution is 0.581. The van der Waals surface area contributed by atoms with Crippen LogP contribution in [0.1, 0.15) is 5.56 Å². The van der Waals surface area contributed by atoms with Gasteiger partial charge in [-0.15, -0.1) is 0 Å². The lowest BCUT2D eigenvalue weighted by atomic mass is 10.2. The van der Waals surface area contributed by atoms with Gasteiger partial charge < -0.3 is 5.73 Å². The van der Waals surface area contributed by atoms with Gasteiger partial charge in [-0.05, 0) is 30.2 Å². The minimum absolute atomic E-state index is 0.112. The van der Waals surface area contributed by atoms with Crippen molar-refractivity contribution < 1.29 is 8.42 Å². The monoisotopic (exact) mass is 311 g/mol. The topological polar surface area (TPSA) is 85.1 Å². The number of hydrogen-bond donors (Lipinski definition) is 2. The molecule has 1 aromatic heterocycles. The summed E-state index contributed by atoms with van der Waals surface area (Å²) in [6.45, 7) is 0.298. The zero-order valence-electron chi connectivity index (χ0n) is 10.6. The van der Waals surface area contributed by atoms with Crippen molar-refractivity contribution in [2.24, 2.45) is 0 Å². The van der Waals surface area contributed by atoms with Crippen LogP contribution in [0.3, 0.4) is 0 Å². The van der Waals surface area contributed by atoms with E-state index in [9.17, 15) is 8.42 Å². The molecule has 0 saturated heterocycles. The summed E-state index contributed by atoms with van der Waals surface area (Å²) in [7, 11) is -3.56. The molecule has 0 aliphatic carbocycles. The molecule has 1 heterocycles. The maximum absolute atomic E-state index is 12.0. The van der Waals surface area contributed by atoms with E-state index >= 15 is 0 Å². The molecule has 7 heteroatoms. The van der Waals surface area contributed by atoms with E-state index in [2.05, 4.69) is 9.71 Å². The van der Waals surface area contributed by atoms with Gasteiger partial charge >= 0.3 is 0 Å². The zero-order valence-corrected chi connectivity index (χ0v) is 12.2. The summed E-state index contributed by atoms with van der Waals surface area (Å²) in [4.78, 5) is 3.87. The minimum Gasteiger partial charge on any atom is -0.384 e. The molecule has 2 rings (SSSR count). The van der Waals surface area contributed by atoms with E-state index < -0.39 is 10.0 Å². The molecule has 0 saturated carbocycles. The van der Waals surface area contributed by atoms with Crippen molar-refractivity contribution in [3.8, 4) is 0 Å². The Morgan fingerprint density at radius 1 is 1.20 bits per heavy atom. The standard InChI is InChI=1S/C13H14ClN3O2S/c14-11-3-1-10(2-4-11)5-8-17-20(18,19)12-6-7-16-13(15)9-12/h1-4,6-7,9,17H,5,8H2,(H2,15,16). The van der Waals surface area contributed by atoms with Gasteiger partial charge in [0.25, 0.3) is 0 Å². The van der Waals surface area contributed by atoms with Crippen LogP contribution in [-0.4, -0.2) is 19.9 Å². The highest BCUT2D eigenvalue weighted by Crippen LogP contribution is 2.11. The maximum Gasteiger partial charge on any atom is 0.240 e. The maximum atomic E-state index is 12.0. The van der Waals surface area contributed by atoms with Gasteiger partial charge in [-0.25, -0.2) is 18.1 Å². The third kappa shape index (κ3) is 3.93. The van der Waals surface area contributed by atoms with Crippen LogP contribution < -0.4 is 10.5 Å². The lowest BCUT2D eigenvalue weighted by Crippen LogP contribution is -2.26. The molecule has 1 aromatic carbocycles. The number of nitrogens with zero attached hydrogens (tertiary/aromatic N) is 1. The quantitative estimate of drug-likeness (QED) is 0.882. The van der Waals surface area contributed by atoms with Gasteiger partial charge in [0.1, 0.15) is 5.82 Å². The van der Waals surface area contributed by atoms with Gasteiger partial charge in [-0.2, -0.15) is 0 Å². The van der Waals surface area contributed by atoms with Gasteiger partial charge in [0.05, 0.1) is 4.90 Å². The molecule has 0 unspecified atom stereocenters. The summed E-state index contributed by atoms with van der Waals surface area (Å²) in [5, 5.41) is 0.654. The Morgan fingerprint density at radius 3 is 2.55 bits per heavy atom.